The largest absolute Gasteiger partial charge is 0.497 e. The smallest absolute Gasteiger partial charge is 0.274 e. The fourth-order valence-corrected chi connectivity index (χ4v) is 10.5. The predicted molar refractivity (Wildman–Crippen MR) is 165 cm³/mol. The molecule has 10 nitrogen and oxygen atoms in total. The van der Waals surface area contributed by atoms with E-state index in [1.54, 1.807) is 33.1 Å². The molecule has 12 heteroatoms. The number of rotatable bonds is 5. The molecule has 0 unspecified atom stereocenters. The first-order chi connectivity index (χ1) is 19.7. The lowest BCUT2D eigenvalue weighted by Crippen LogP contribution is -2.49. The highest BCUT2D eigenvalue weighted by Gasteiger charge is 2.42. The summed E-state index contributed by atoms with van der Waals surface area (Å²) in [5.41, 5.74) is 4.08. The first-order valence-electron chi connectivity index (χ1n) is 14.2. The van der Waals surface area contributed by atoms with Gasteiger partial charge >= 0.3 is 0 Å². The Morgan fingerprint density at radius 2 is 1.59 bits per heavy atom. The third-order valence-electron chi connectivity index (χ3n) is 9.08. The van der Waals surface area contributed by atoms with Gasteiger partial charge in [0, 0.05) is 57.3 Å². The molecule has 0 bridgehead atoms. The van der Waals surface area contributed by atoms with Crippen molar-refractivity contribution in [2.75, 3.05) is 57.8 Å². The maximum atomic E-state index is 13.8. The number of methoxy groups -OCH3 is 1. The van der Waals surface area contributed by atoms with Crippen LogP contribution in [0.15, 0.2) is 56.1 Å². The molecule has 3 saturated heterocycles. The molecule has 0 radical (unpaired) electrons. The van der Waals surface area contributed by atoms with Gasteiger partial charge < -0.3 is 17.6 Å². The van der Waals surface area contributed by atoms with Gasteiger partial charge in [0.05, 0.1) is 24.2 Å². The van der Waals surface area contributed by atoms with E-state index in [1.807, 2.05) is 17.3 Å². The van der Waals surface area contributed by atoms with E-state index in [2.05, 4.69) is 25.1 Å². The van der Waals surface area contributed by atoms with Crippen LogP contribution in [0.25, 0.3) is 0 Å². The summed E-state index contributed by atoms with van der Waals surface area (Å²) < 4.78 is 41.3. The summed E-state index contributed by atoms with van der Waals surface area (Å²) in [6.07, 6.45) is 7.96. The molecule has 1 spiro atoms. The van der Waals surface area contributed by atoms with Crippen molar-refractivity contribution in [3.63, 3.8) is 0 Å². The quantitative estimate of drug-likeness (QED) is 0.342. The minimum Gasteiger partial charge on any atom is -0.497 e. The highest BCUT2D eigenvalue weighted by Crippen LogP contribution is 2.43. The summed E-state index contributed by atoms with van der Waals surface area (Å²) in [6, 6.07) is 7.66. The summed E-state index contributed by atoms with van der Waals surface area (Å²) >= 11 is -0.705. The second-order valence-corrected chi connectivity index (χ2v) is 15.4. The van der Waals surface area contributed by atoms with Crippen molar-refractivity contribution in [1.29, 1.82) is 0 Å². The Hall–Kier alpha value is -2.58. The molecule has 1 aromatic carbocycles. The molecule has 5 heterocycles. The number of carbonyl (C=O) groups is 1. The van der Waals surface area contributed by atoms with Crippen LogP contribution in [0.2, 0.25) is 0 Å². The van der Waals surface area contributed by atoms with E-state index in [4.69, 9.17) is 7.88 Å². The Morgan fingerprint density at radius 1 is 0.951 bits per heavy atom. The van der Waals surface area contributed by atoms with Gasteiger partial charge in [-0.15, -0.1) is 0 Å². The van der Waals surface area contributed by atoms with E-state index in [0.717, 1.165) is 57.6 Å². The fraction of sp³-hybridized carbons (Fsp3) is 0.517. The highest BCUT2D eigenvalue weighted by atomic mass is 127. The SMILES string of the molecule is COc1cc(C)c(S(=O)(=O)N2CCN3I=NC(C(=O)N4CCC5(CC4)CCN(c4ccncc4)CC5)=C3C2)c(C)c1. The van der Waals surface area contributed by atoms with Crippen molar-refractivity contribution in [3.8, 4) is 5.75 Å². The van der Waals surface area contributed by atoms with Gasteiger partial charge in [0.2, 0.25) is 10.0 Å². The summed E-state index contributed by atoms with van der Waals surface area (Å²) in [5.74, 6) is 0.601. The standard InChI is InChI=1S/C29H37IN6O4S/c1-21-18-24(40-3)19-22(2)27(21)41(38,39)35-16-17-36-25(20-35)26(32-30-36)28(37)34-14-8-29(9-15-34)6-12-33(13-7-29)23-4-10-31-11-5-23/h4-5,10-11,18-19H,6-9,12-17,20H2,1-3H3. The van der Waals surface area contributed by atoms with Crippen molar-refractivity contribution in [1.82, 2.24) is 17.3 Å². The van der Waals surface area contributed by atoms with Gasteiger partial charge in [-0.1, -0.05) is 0 Å². The number of piperazine rings is 1. The molecule has 4 aliphatic heterocycles. The Balaban J connectivity index is 1.13. The van der Waals surface area contributed by atoms with Gasteiger partial charge in [0.25, 0.3) is 5.91 Å². The monoisotopic (exact) mass is 692 g/mol. The van der Waals surface area contributed by atoms with E-state index in [0.29, 0.717) is 40.6 Å². The molecule has 0 atom stereocenters. The molecule has 0 aliphatic carbocycles. The molecule has 4 aliphatic rings. The second kappa shape index (κ2) is 11.3. The summed E-state index contributed by atoms with van der Waals surface area (Å²) in [5, 5.41) is 0. The van der Waals surface area contributed by atoms with Crippen LogP contribution in [0.1, 0.15) is 36.8 Å². The summed E-state index contributed by atoms with van der Waals surface area (Å²) in [7, 11) is -2.17. The van der Waals surface area contributed by atoms with Crippen molar-refractivity contribution < 1.29 is 17.9 Å². The molecule has 6 rings (SSSR count). The number of carbonyl (C=O) groups excluding carboxylic acids is 1. The maximum Gasteiger partial charge on any atom is 0.274 e. The number of aromatic nitrogens is 1. The van der Waals surface area contributed by atoms with E-state index >= 15 is 0 Å². The van der Waals surface area contributed by atoms with Crippen LogP contribution in [0, 0.1) is 19.3 Å². The molecular formula is C29H37IN6O4S. The number of sulfonamides is 1. The molecule has 0 N–H and O–H groups in total. The van der Waals surface area contributed by atoms with Crippen molar-refractivity contribution >= 4 is 42.9 Å². The third kappa shape index (κ3) is 5.38. The number of anilines is 1. The number of ether oxygens (including phenoxy) is 1. The number of halogens is 1. The summed E-state index contributed by atoms with van der Waals surface area (Å²) in [6.45, 7) is 8.24. The van der Waals surface area contributed by atoms with E-state index in [9.17, 15) is 13.2 Å². The number of fused-ring (bicyclic) bond motifs is 1. The lowest BCUT2D eigenvalue weighted by atomic mass is 9.71. The van der Waals surface area contributed by atoms with Crippen LogP contribution in [0.3, 0.4) is 0 Å². The molecule has 220 valence electrons. The Labute approximate surface area is 252 Å². The lowest BCUT2D eigenvalue weighted by molar-refractivity contribution is -0.129. The Morgan fingerprint density at radius 3 is 2.22 bits per heavy atom. The van der Waals surface area contributed by atoms with Crippen LogP contribution < -0.4 is 9.64 Å². The third-order valence-corrected chi connectivity index (χ3v) is 13.5. The molecular weight excluding hydrogens is 655 g/mol. The zero-order chi connectivity index (χ0) is 28.8. The second-order valence-electron chi connectivity index (χ2n) is 11.5. The maximum absolute atomic E-state index is 13.8. The zero-order valence-corrected chi connectivity index (χ0v) is 26.8. The Kier molecular flexibility index (Phi) is 7.83. The van der Waals surface area contributed by atoms with E-state index in [-0.39, 0.29) is 17.9 Å². The number of piperidine rings is 2. The predicted octanol–water partition coefficient (Wildman–Crippen LogP) is 4.22. The van der Waals surface area contributed by atoms with Crippen molar-refractivity contribution in [3.05, 3.63) is 59.2 Å². The molecule has 3 fully saturated rings. The number of pyridine rings is 1. The van der Waals surface area contributed by atoms with Gasteiger partial charge in [-0.3, -0.25) is 9.78 Å². The normalized spacial score (nSPS) is 21.2. The van der Waals surface area contributed by atoms with Crippen LogP contribution in [0.4, 0.5) is 5.69 Å². The number of hydrogen-bond acceptors (Lipinski definition) is 8. The average Bonchev–Trinajstić information content (AvgIpc) is 3.41. The lowest BCUT2D eigenvalue weighted by Gasteiger charge is -2.47. The van der Waals surface area contributed by atoms with Crippen LogP contribution in [-0.4, -0.2) is 84.6 Å². The number of likely N-dealkylation sites (tertiary alicyclic amines) is 1. The Bertz CT molecular complexity index is 1470. The zero-order valence-electron chi connectivity index (χ0n) is 23.8. The molecule has 41 heavy (non-hydrogen) atoms. The topological polar surface area (TPSA) is 98.6 Å². The first kappa shape index (κ1) is 28.5. The van der Waals surface area contributed by atoms with E-state index < -0.39 is 31.3 Å². The van der Waals surface area contributed by atoms with Gasteiger partial charge in [0.1, 0.15) is 27.1 Å². The first-order valence-corrected chi connectivity index (χ1v) is 17.5. The van der Waals surface area contributed by atoms with Crippen LogP contribution in [-0.2, 0) is 14.8 Å². The fourth-order valence-electron chi connectivity index (χ4n) is 6.62. The number of benzene rings is 1. The number of hydrogen-bond donors (Lipinski definition) is 0. The van der Waals surface area contributed by atoms with Gasteiger partial charge in [0.15, 0.2) is 5.70 Å². The number of amides is 1. The van der Waals surface area contributed by atoms with Crippen LogP contribution >= 0.6 is 21.3 Å². The average molecular weight is 693 g/mol. The summed E-state index contributed by atoms with van der Waals surface area (Å²) in [4.78, 5) is 22.6. The minimum absolute atomic E-state index is 0.0395. The molecule has 2 aromatic rings. The van der Waals surface area contributed by atoms with Gasteiger partial charge in [-0.25, -0.2) is 8.42 Å². The highest BCUT2D eigenvalue weighted by molar-refractivity contribution is 14.1. The molecule has 1 aromatic heterocycles. The van der Waals surface area contributed by atoms with Crippen LogP contribution in [0.5, 0.6) is 5.75 Å². The number of aryl methyl sites for hydroxylation is 2. The minimum atomic E-state index is -3.75. The van der Waals surface area contributed by atoms with Crippen molar-refractivity contribution in [2.24, 2.45) is 8.56 Å². The number of nitrogens with zero attached hydrogens (tertiary/aromatic N) is 6. The molecule has 1 amide bonds. The molecule has 0 saturated carbocycles. The van der Waals surface area contributed by atoms with Gasteiger partial charge in [-0.2, -0.15) is 7.45 Å². The van der Waals surface area contributed by atoms with Gasteiger partial charge in [-0.05, 0) is 80.3 Å². The van der Waals surface area contributed by atoms with E-state index in [1.165, 1.54) is 9.99 Å². The van der Waals surface area contributed by atoms with Crippen molar-refractivity contribution in [2.45, 2.75) is 44.4 Å².